The van der Waals surface area contributed by atoms with Crippen LogP contribution in [0.1, 0.15) is 100 Å². The molecule has 0 saturated carbocycles. The average molecular weight is 330 g/mol. The molecular weight excluding hydrogens is 290 g/mol. The quantitative estimate of drug-likeness (QED) is 0.608. The van der Waals surface area contributed by atoms with E-state index in [1.54, 1.807) is 16.7 Å². The van der Waals surface area contributed by atoms with E-state index in [1.807, 2.05) is 0 Å². The molecule has 0 radical (unpaired) electrons. The zero-order valence-electron chi connectivity index (χ0n) is 17.7. The maximum absolute atomic E-state index is 2.61. The van der Waals surface area contributed by atoms with Crippen molar-refractivity contribution in [2.75, 3.05) is 7.05 Å². The fourth-order valence-electron chi connectivity index (χ4n) is 4.72. The Hall–Kier alpha value is -0.820. The molecule has 0 spiro atoms. The molecule has 0 fully saturated rings. The van der Waals surface area contributed by atoms with Crippen molar-refractivity contribution in [1.82, 2.24) is 4.90 Å². The molecule has 0 aliphatic carbocycles. The van der Waals surface area contributed by atoms with E-state index in [4.69, 9.17) is 0 Å². The summed E-state index contributed by atoms with van der Waals surface area (Å²) < 4.78 is 0. The van der Waals surface area contributed by atoms with Crippen molar-refractivity contribution in [3.8, 4) is 0 Å². The summed E-state index contributed by atoms with van der Waals surface area (Å²) >= 11 is 0. The minimum absolute atomic E-state index is 0.575. The van der Waals surface area contributed by atoms with Gasteiger partial charge in [0.05, 0.1) is 0 Å². The molecule has 2 rings (SSSR count). The van der Waals surface area contributed by atoms with Crippen LogP contribution in [0.15, 0.2) is 6.07 Å². The van der Waals surface area contributed by atoms with Crippen molar-refractivity contribution < 1.29 is 0 Å². The van der Waals surface area contributed by atoms with E-state index in [0.29, 0.717) is 35.8 Å². The van der Waals surface area contributed by atoms with E-state index >= 15 is 0 Å². The third kappa shape index (κ3) is 3.29. The second kappa shape index (κ2) is 7.20. The standard InChI is InChI=1S/C23H39N/c1-13(2)20-11-15(5)17(7)22-18(8)19(9)24(10)16(6)12-21(14(3)4)23(20)22/h11,13-14,16,18-19,21H,12H2,1-10H3/t16-,18-,19+,21?/m0/s1. The summed E-state index contributed by atoms with van der Waals surface area (Å²) in [7, 11) is 2.32. The summed E-state index contributed by atoms with van der Waals surface area (Å²) in [5, 5.41) is 0. The Balaban J connectivity index is 2.83. The van der Waals surface area contributed by atoms with Crippen molar-refractivity contribution in [2.24, 2.45) is 5.92 Å². The third-order valence-electron chi connectivity index (χ3n) is 6.88. The highest BCUT2D eigenvalue weighted by Crippen LogP contribution is 2.45. The second-order valence-electron chi connectivity index (χ2n) is 9.02. The number of aryl methyl sites for hydroxylation is 1. The molecule has 1 nitrogen and oxygen atoms in total. The van der Waals surface area contributed by atoms with Gasteiger partial charge in [0.1, 0.15) is 0 Å². The third-order valence-corrected chi connectivity index (χ3v) is 6.88. The lowest BCUT2D eigenvalue weighted by molar-refractivity contribution is 0.148. The summed E-state index contributed by atoms with van der Waals surface area (Å²) in [5.41, 5.74) is 7.95. The topological polar surface area (TPSA) is 3.24 Å². The first-order valence-corrected chi connectivity index (χ1v) is 9.93. The van der Waals surface area contributed by atoms with Gasteiger partial charge in [-0.25, -0.2) is 0 Å². The van der Waals surface area contributed by atoms with Crippen LogP contribution < -0.4 is 0 Å². The molecule has 1 aromatic rings. The van der Waals surface area contributed by atoms with Gasteiger partial charge in [0.15, 0.2) is 0 Å². The fraction of sp³-hybridized carbons (Fsp3) is 0.739. The molecule has 1 aromatic carbocycles. The first kappa shape index (κ1) is 19.5. The Bertz CT molecular complexity index is 584. The van der Waals surface area contributed by atoms with Gasteiger partial charge < -0.3 is 4.90 Å². The van der Waals surface area contributed by atoms with Crippen molar-refractivity contribution in [2.45, 2.75) is 98.6 Å². The minimum Gasteiger partial charge on any atom is -0.300 e. The maximum Gasteiger partial charge on any atom is 0.0133 e. The summed E-state index contributed by atoms with van der Waals surface area (Å²) in [6.07, 6.45) is 1.26. The first-order chi connectivity index (χ1) is 11.1. The first-order valence-electron chi connectivity index (χ1n) is 9.93. The van der Waals surface area contributed by atoms with Gasteiger partial charge in [0, 0.05) is 12.1 Å². The highest BCUT2D eigenvalue weighted by molar-refractivity contribution is 5.51. The zero-order valence-corrected chi connectivity index (χ0v) is 17.7. The molecule has 0 amide bonds. The van der Waals surface area contributed by atoms with Gasteiger partial charge in [-0.05, 0) is 92.7 Å². The number of benzene rings is 1. The summed E-state index contributed by atoms with van der Waals surface area (Å²) in [6.45, 7) is 21.5. The molecule has 136 valence electrons. The lowest BCUT2D eigenvalue weighted by atomic mass is 9.70. The molecule has 1 aliphatic heterocycles. The van der Waals surface area contributed by atoms with Crippen LogP contribution in [0.4, 0.5) is 0 Å². The monoisotopic (exact) mass is 329 g/mol. The van der Waals surface area contributed by atoms with E-state index in [1.165, 1.54) is 17.5 Å². The molecule has 1 heteroatoms. The Kier molecular flexibility index (Phi) is 5.85. The van der Waals surface area contributed by atoms with E-state index in [2.05, 4.69) is 80.3 Å². The molecule has 0 N–H and O–H groups in total. The summed E-state index contributed by atoms with van der Waals surface area (Å²) in [4.78, 5) is 2.61. The van der Waals surface area contributed by atoms with Crippen LogP contribution in [0.25, 0.3) is 0 Å². The minimum atomic E-state index is 0.575. The van der Waals surface area contributed by atoms with Crippen molar-refractivity contribution in [1.29, 1.82) is 0 Å². The van der Waals surface area contributed by atoms with Crippen molar-refractivity contribution in [3.63, 3.8) is 0 Å². The molecule has 1 aliphatic rings. The van der Waals surface area contributed by atoms with Gasteiger partial charge in [-0.3, -0.25) is 0 Å². The van der Waals surface area contributed by atoms with Crippen LogP contribution in [-0.2, 0) is 0 Å². The molecule has 4 atom stereocenters. The van der Waals surface area contributed by atoms with Crippen molar-refractivity contribution >= 4 is 0 Å². The number of hydrogen-bond acceptors (Lipinski definition) is 1. The molecule has 1 heterocycles. The molecule has 0 aromatic heterocycles. The van der Waals surface area contributed by atoms with Crippen LogP contribution in [0.2, 0.25) is 0 Å². The van der Waals surface area contributed by atoms with E-state index in [9.17, 15) is 0 Å². The second-order valence-corrected chi connectivity index (χ2v) is 9.02. The highest BCUT2D eigenvalue weighted by atomic mass is 15.2. The van der Waals surface area contributed by atoms with Gasteiger partial charge >= 0.3 is 0 Å². The number of rotatable bonds is 2. The van der Waals surface area contributed by atoms with Gasteiger partial charge in [-0.1, -0.05) is 40.7 Å². The normalized spacial score (nSPS) is 28.8. The Morgan fingerprint density at radius 3 is 2.08 bits per heavy atom. The molecule has 0 saturated heterocycles. The fourth-order valence-corrected chi connectivity index (χ4v) is 4.72. The summed E-state index contributed by atoms with van der Waals surface area (Å²) in [6, 6.07) is 3.69. The molecule has 24 heavy (non-hydrogen) atoms. The molecule has 0 bridgehead atoms. The number of nitrogens with zero attached hydrogens (tertiary/aromatic N) is 1. The van der Waals surface area contributed by atoms with Gasteiger partial charge in [0.2, 0.25) is 0 Å². The van der Waals surface area contributed by atoms with Crippen LogP contribution in [-0.4, -0.2) is 24.0 Å². The van der Waals surface area contributed by atoms with Crippen LogP contribution in [0.3, 0.4) is 0 Å². The Labute approximate surface area is 150 Å². The van der Waals surface area contributed by atoms with Crippen LogP contribution in [0.5, 0.6) is 0 Å². The van der Waals surface area contributed by atoms with E-state index < -0.39 is 0 Å². The highest BCUT2D eigenvalue weighted by Gasteiger charge is 2.35. The smallest absolute Gasteiger partial charge is 0.0133 e. The zero-order chi connectivity index (χ0) is 18.3. The van der Waals surface area contributed by atoms with Gasteiger partial charge in [-0.15, -0.1) is 0 Å². The van der Waals surface area contributed by atoms with Gasteiger partial charge in [0.25, 0.3) is 0 Å². The largest absolute Gasteiger partial charge is 0.300 e. The van der Waals surface area contributed by atoms with Crippen molar-refractivity contribution in [3.05, 3.63) is 33.9 Å². The maximum atomic E-state index is 2.61. The molecule has 1 unspecified atom stereocenters. The van der Waals surface area contributed by atoms with E-state index in [0.717, 1.165) is 0 Å². The van der Waals surface area contributed by atoms with Crippen LogP contribution >= 0.6 is 0 Å². The van der Waals surface area contributed by atoms with Crippen LogP contribution in [0, 0.1) is 19.8 Å². The lowest BCUT2D eigenvalue weighted by Crippen LogP contribution is -2.43. The SMILES string of the molecule is Cc1cc(C(C)C)c2c(c1C)[C@@H](C)[C@@H](C)N(C)[C@@H](C)CC2C(C)C. The predicted molar refractivity (Wildman–Crippen MR) is 107 cm³/mol. The predicted octanol–water partition coefficient (Wildman–Crippen LogP) is 6.38. The number of hydrogen-bond donors (Lipinski definition) is 0. The van der Waals surface area contributed by atoms with E-state index in [-0.39, 0.29) is 0 Å². The van der Waals surface area contributed by atoms with Gasteiger partial charge in [-0.2, -0.15) is 0 Å². The number of fused-ring (bicyclic) bond motifs is 1. The number of likely N-dealkylation sites (N-methyl/N-ethyl adjacent to an activating group) is 1. The average Bonchev–Trinajstić information content (AvgIpc) is 2.51. The summed E-state index contributed by atoms with van der Waals surface area (Å²) in [5.74, 6) is 2.50. The lowest BCUT2D eigenvalue weighted by Gasteiger charge is -2.43. The Morgan fingerprint density at radius 2 is 1.58 bits per heavy atom. The Morgan fingerprint density at radius 1 is 1.00 bits per heavy atom. The molecular formula is C23H39N.